The molecule has 3 N–H and O–H groups in total. The maximum Gasteiger partial charge on any atom is 0.0931 e. The molecule has 0 aliphatic rings. The molecule has 0 saturated carbocycles. The lowest BCUT2D eigenvalue weighted by Gasteiger charge is -2.19. The Morgan fingerprint density at radius 1 is 1.28 bits per heavy atom. The van der Waals surface area contributed by atoms with Gasteiger partial charge in [0.1, 0.15) is 0 Å². The first-order chi connectivity index (χ1) is 8.61. The minimum Gasteiger partial charge on any atom is -0.271 e. The lowest BCUT2D eigenvalue weighted by Crippen LogP contribution is -2.30. The zero-order chi connectivity index (χ0) is 13.1. The molecule has 0 saturated heterocycles. The van der Waals surface area contributed by atoms with Crippen LogP contribution in [0.1, 0.15) is 27.6 Å². The fourth-order valence-electron chi connectivity index (χ4n) is 2.07. The highest BCUT2D eigenvalue weighted by atomic mass is 35.5. The van der Waals surface area contributed by atoms with Gasteiger partial charge >= 0.3 is 0 Å². The van der Waals surface area contributed by atoms with Crippen molar-refractivity contribution in [1.82, 2.24) is 5.43 Å². The van der Waals surface area contributed by atoms with Crippen molar-refractivity contribution in [1.29, 1.82) is 0 Å². The normalized spacial score (nSPS) is 12.7. The van der Waals surface area contributed by atoms with Crippen LogP contribution in [-0.4, -0.2) is 0 Å². The highest BCUT2D eigenvalue weighted by Gasteiger charge is 2.14. The van der Waals surface area contributed by atoms with Gasteiger partial charge in [0.25, 0.3) is 0 Å². The summed E-state index contributed by atoms with van der Waals surface area (Å²) in [6.07, 6.45) is 0.859. The molecular formula is C14H17ClN2S. The molecule has 2 nitrogen and oxygen atoms in total. The number of rotatable bonds is 4. The van der Waals surface area contributed by atoms with Crippen LogP contribution >= 0.6 is 22.9 Å². The largest absolute Gasteiger partial charge is 0.271 e. The van der Waals surface area contributed by atoms with Gasteiger partial charge in [0.05, 0.1) is 10.4 Å². The minimum absolute atomic E-state index is 0.125. The van der Waals surface area contributed by atoms with E-state index in [0.29, 0.717) is 0 Å². The summed E-state index contributed by atoms with van der Waals surface area (Å²) < 4.78 is 0.821. The van der Waals surface area contributed by atoms with Crippen LogP contribution < -0.4 is 11.3 Å². The van der Waals surface area contributed by atoms with Crippen LogP contribution in [0.5, 0.6) is 0 Å². The standard InChI is InChI=1S/C14H17ClN2S/c1-9-4-3-5-12(10(9)2)13(17-16)8-11-6-7-14(15)18-11/h3-7,13,17H,8,16H2,1-2H3. The van der Waals surface area contributed by atoms with Gasteiger partial charge in [-0.3, -0.25) is 11.3 Å². The highest BCUT2D eigenvalue weighted by molar-refractivity contribution is 7.16. The minimum atomic E-state index is 0.125. The molecule has 4 heteroatoms. The van der Waals surface area contributed by atoms with Crippen molar-refractivity contribution in [2.45, 2.75) is 26.3 Å². The number of hydrogen-bond acceptors (Lipinski definition) is 3. The number of aryl methyl sites for hydroxylation is 1. The van der Waals surface area contributed by atoms with Crippen LogP contribution in [0.25, 0.3) is 0 Å². The van der Waals surface area contributed by atoms with Gasteiger partial charge in [0.15, 0.2) is 0 Å². The van der Waals surface area contributed by atoms with Crippen LogP contribution in [-0.2, 0) is 6.42 Å². The summed E-state index contributed by atoms with van der Waals surface area (Å²) in [7, 11) is 0. The Morgan fingerprint density at radius 3 is 2.67 bits per heavy atom. The van der Waals surface area contributed by atoms with Crippen LogP contribution in [0.2, 0.25) is 4.34 Å². The number of nitrogens with one attached hydrogen (secondary N) is 1. The van der Waals surface area contributed by atoms with E-state index >= 15 is 0 Å². The molecule has 1 aromatic carbocycles. The van der Waals surface area contributed by atoms with E-state index in [1.807, 2.05) is 6.07 Å². The third-order valence-corrected chi connectivity index (χ3v) is 4.51. The van der Waals surface area contributed by atoms with Crippen LogP contribution in [0.4, 0.5) is 0 Å². The van der Waals surface area contributed by atoms with Crippen molar-refractivity contribution < 1.29 is 0 Å². The Kier molecular flexibility index (Phi) is 4.40. The Morgan fingerprint density at radius 2 is 2.06 bits per heavy atom. The van der Waals surface area contributed by atoms with Gasteiger partial charge in [-0.05, 0) is 42.7 Å². The van der Waals surface area contributed by atoms with E-state index in [1.165, 1.54) is 21.6 Å². The summed E-state index contributed by atoms with van der Waals surface area (Å²) in [6.45, 7) is 4.25. The first-order valence-corrected chi connectivity index (χ1v) is 7.07. The van der Waals surface area contributed by atoms with E-state index in [-0.39, 0.29) is 6.04 Å². The number of hydrogen-bond donors (Lipinski definition) is 2. The van der Waals surface area contributed by atoms with Gasteiger partial charge < -0.3 is 0 Å². The average molecular weight is 281 g/mol. The molecule has 1 heterocycles. The van der Waals surface area contributed by atoms with Crippen LogP contribution in [0.3, 0.4) is 0 Å². The Hall–Kier alpha value is -0.870. The molecule has 0 spiro atoms. The van der Waals surface area contributed by atoms with E-state index < -0.39 is 0 Å². The number of benzene rings is 1. The summed E-state index contributed by atoms with van der Waals surface area (Å²) in [5.41, 5.74) is 6.74. The molecule has 1 atom stereocenters. The van der Waals surface area contributed by atoms with Gasteiger partial charge in [-0.1, -0.05) is 29.8 Å². The van der Waals surface area contributed by atoms with Gasteiger partial charge in [-0.15, -0.1) is 11.3 Å². The summed E-state index contributed by atoms with van der Waals surface area (Å²) in [5.74, 6) is 5.70. The SMILES string of the molecule is Cc1cccc(C(Cc2ccc(Cl)s2)NN)c1C. The maximum absolute atomic E-state index is 5.96. The topological polar surface area (TPSA) is 38.0 Å². The lowest BCUT2D eigenvalue weighted by atomic mass is 9.95. The molecule has 18 heavy (non-hydrogen) atoms. The zero-order valence-corrected chi connectivity index (χ0v) is 12.1. The Balaban J connectivity index is 2.25. The predicted octanol–water partition coefficient (Wildman–Crippen LogP) is 3.77. The molecule has 96 valence electrons. The number of hydrazine groups is 1. The summed E-state index contributed by atoms with van der Waals surface area (Å²) in [4.78, 5) is 1.24. The monoisotopic (exact) mass is 280 g/mol. The quantitative estimate of drug-likeness (QED) is 0.661. The molecule has 2 aromatic rings. The first-order valence-electron chi connectivity index (χ1n) is 5.88. The fraction of sp³-hybridized carbons (Fsp3) is 0.286. The fourth-order valence-corrected chi connectivity index (χ4v) is 3.21. The van der Waals surface area contributed by atoms with Crippen molar-refractivity contribution >= 4 is 22.9 Å². The molecule has 0 amide bonds. The number of thiophene rings is 1. The van der Waals surface area contributed by atoms with E-state index in [9.17, 15) is 0 Å². The van der Waals surface area contributed by atoms with Crippen molar-refractivity contribution in [3.63, 3.8) is 0 Å². The summed E-state index contributed by atoms with van der Waals surface area (Å²) in [6, 6.07) is 10.4. The first kappa shape index (κ1) is 13.6. The molecule has 2 rings (SSSR count). The zero-order valence-electron chi connectivity index (χ0n) is 10.5. The van der Waals surface area contributed by atoms with E-state index in [2.05, 4.69) is 43.5 Å². The van der Waals surface area contributed by atoms with Crippen molar-refractivity contribution in [3.05, 3.63) is 56.2 Å². The predicted molar refractivity (Wildman–Crippen MR) is 79.0 cm³/mol. The van der Waals surface area contributed by atoms with Crippen LogP contribution in [0, 0.1) is 13.8 Å². The molecule has 0 aliphatic carbocycles. The maximum atomic E-state index is 5.96. The molecule has 1 unspecified atom stereocenters. The Bertz CT molecular complexity index is 536. The highest BCUT2D eigenvalue weighted by Crippen LogP contribution is 2.28. The average Bonchev–Trinajstić information content (AvgIpc) is 2.76. The van der Waals surface area contributed by atoms with Crippen LogP contribution in [0.15, 0.2) is 30.3 Å². The lowest BCUT2D eigenvalue weighted by molar-refractivity contribution is 0.552. The third-order valence-electron chi connectivity index (χ3n) is 3.26. The number of halogens is 1. The van der Waals surface area contributed by atoms with Crippen molar-refractivity contribution in [3.8, 4) is 0 Å². The molecular weight excluding hydrogens is 264 g/mol. The third kappa shape index (κ3) is 2.93. The molecule has 0 bridgehead atoms. The van der Waals surface area contributed by atoms with Gasteiger partial charge in [-0.2, -0.15) is 0 Å². The van der Waals surface area contributed by atoms with Gasteiger partial charge in [-0.25, -0.2) is 0 Å². The second-order valence-corrected chi connectivity index (χ2v) is 6.22. The Labute approximate surface area is 117 Å². The molecule has 1 aromatic heterocycles. The summed E-state index contributed by atoms with van der Waals surface area (Å²) >= 11 is 7.56. The van der Waals surface area contributed by atoms with E-state index in [0.717, 1.165) is 10.8 Å². The van der Waals surface area contributed by atoms with Crippen molar-refractivity contribution in [2.24, 2.45) is 5.84 Å². The second kappa shape index (κ2) is 5.85. The van der Waals surface area contributed by atoms with Gasteiger partial charge in [0.2, 0.25) is 0 Å². The summed E-state index contributed by atoms with van der Waals surface area (Å²) in [5, 5.41) is 0. The molecule has 0 radical (unpaired) electrons. The smallest absolute Gasteiger partial charge is 0.0931 e. The molecule has 0 aliphatic heterocycles. The van der Waals surface area contributed by atoms with Gasteiger partial charge in [0, 0.05) is 11.3 Å². The number of nitrogens with two attached hydrogens (primary N) is 1. The second-order valence-electron chi connectivity index (χ2n) is 4.42. The molecule has 0 fully saturated rings. The van der Waals surface area contributed by atoms with Crippen molar-refractivity contribution in [2.75, 3.05) is 0 Å². The van der Waals surface area contributed by atoms with E-state index in [4.69, 9.17) is 17.4 Å². The van der Waals surface area contributed by atoms with E-state index in [1.54, 1.807) is 11.3 Å².